The number of fused-ring (bicyclic) bond motifs is 2. The van der Waals surface area contributed by atoms with Crippen molar-refractivity contribution in [2.45, 2.75) is 31.8 Å². The summed E-state index contributed by atoms with van der Waals surface area (Å²) in [5.74, 6) is 2.03. The summed E-state index contributed by atoms with van der Waals surface area (Å²) < 4.78 is 11.8. The minimum absolute atomic E-state index is 0.0383. The van der Waals surface area contributed by atoms with Gasteiger partial charge < -0.3 is 9.26 Å². The molecule has 2 aliphatic heterocycles. The molecule has 0 aliphatic carbocycles. The van der Waals surface area contributed by atoms with Crippen molar-refractivity contribution in [3.05, 3.63) is 30.1 Å². The first-order chi connectivity index (χ1) is 10.2. The van der Waals surface area contributed by atoms with Gasteiger partial charge >= 0.3 is 0 Å². The van der Waals surface area contributed by atoms with E-state index in [-0.39, 0.29) is 5.60 Å². The smallest absolute Gasteiger partial charge is 0.261 e. The summed E-state index contributed by atoms with van der Waals surface area (Å²) in [5, 5.41) is 3.88. The van der Waals surface area contributed by atoms with Crippen LogP contribution >= 0.6 is 0 Å². The molecule has 2 atom stereocenters. The Bertz CT molecular complexity index is 650. The molecule has 1 unspecified atom stereocenters. The van der Waals surface area contributed by atoms with E-state index < -0.39 is 0 Å². The maximum Gasteiger partial charge on any atom is 0.261 e. The summed E-state index contributed by atoms with van der Waals surface area (Å²) in [5.41, 5.74) is 0.847. The van der Waals surface area contributed by atoms with Crippen molar-refractivity contribution in [3.8, 4) is 17.2 Å². The number of piperidine rings is 1. The van der Waals surface area contributed by atoms with E-state index in [9.17, 15) is 0 Å². The molecule has 0 saturated carbocycles. The van der Waals surface area contributed by atoms with Crippen molar-refractivity contribution in [2.24, 2.45) is 0 Å². The Kier molecular flexibility index (Phi) is 2.96. The Hall–Kier alpha value is -1.88. The van der Waals surface area contributed by atoms with Gasteiger partial charge in [-0.1, -0.05) is 17.3 Å². The molecule has 0 amide bonds. The predicted molar refractivity (Wildman–Crippen MR) is 78.1 cm³/mol. The molecule has 1 aromatic carbocycles. The second-order valence-electron chi connectivity index (χ2n) is 6.06. The van der Waals surface area contributed by atoms with Crippen molar-refractivity contribution >= 4 is 0 Å². The molecule has 0 N–H and O–H groups in total. The van der Waals surface area contributed by atoms with E-state index in [4.69, 9.17) is 9.26 Å². The summed E-state index contributed by atoms with van der Waals surface area (Å²) in [6, 6.07) is 7.95. The van der Waals surface area contributed by atoms with Gasteiger partial charge in [-0.25, -0.2) is 0 Å². The van der Waals surface area contributed by atoms with Crippen LogP contribution in [0.4, 0.5) is 0 Å². The first-order valence-electron chi connectivity index (χ1n) is 7.55. The van der Waals surface area contributed by atoms with Crippen molar-refractivity contribution < 1.29 is 9.26 Å². The van der Waals surface area contributed by atoms with Crippen LogP contribution in [-0.2, 0) is 0 Å². The third-order valence-electron chi connectivity index (χ3n) is 4.47. The highest BCUT2D eigenvalue weighted by Gasteiger charge is 2.43. The monoisotopic (exact) mass is 285 g/mol. The summed E-state index contributed by atoms with van der Waals surface area (Å²) in [7, 11) is 0. The third-order valence-corrected chi connectivity index (χ3v) is 4.47. The Balaban J connectivity index is 1.66. The number of aromatic nitrogens is 2. The van der Waals surface area contributed by atoms with E-state index in [2.05, 4.69) is 15.0 Å². The molecule has 0 spiro atoms. The summed E-state index contributed by atoms with van der Waals surface area (Å²) >= 11 is 0. The maximum absolute atomic E-state index is 6.46. The highest BCUT2D eigenvalue weighted by Crippen LogP contribution is 2.38. The zero-order valence-corrected chi connectivity index (χ0v) is 12.2. The van der Waals surface area contributed by atoms with Crippen LogP contribution in [0.5, 0.6) is 5.75 Å². The van der Waals surface area contributed by atoms with Gasteiger partial charge in [0.2, 0.25) is 0 Å². The van der Waals surface area contributed by atoms with Crippen LogP contribution < -0.4 is 4.74 Å². The number of para-hydroxylation sites is 1. The van der Waals surface area contributed by atoms with E-state index in [0.717, 1.165) is 37.2 Å². The molecular formula is C16H19N3O2. The molecule has 4 rings (SSSR count). The first-order valence-corrected chi connectivity index (χ1v) is 7.55. The van der Waals surface area contributed by atoms with Gasteiger partial charge in [0.15, 0.2) is 5.82 Å². The van der Waals surface area contributed by atoms with Gasteiger partial charge in [0.25, 0.3) is 5.89 Å². The highest BCUT2D eigenvalue weighted by molar-refractivity contribution is 5.62. The van der Waals surface area contributed by atoms with E-state index in [0.29, 0.717) is 11.7 Å². The molecule has 2 aromatic rings. The molecule has 2 fully saturated rings. The van der Waals surface area contributed by atoms with Gasteiger partial charge in [0, 0.05) is 19.5 Å². The van der Waals surface area contributed by atoms with Crippen LogP contribution in [0, 0.1) is 6.92 Å². The molecule has 3 heterocycles. The largest absolute Gasteiger partial charge is 0.485 e. The Labute approximate surface area is 123 Å². The van der Waals surface area contributed by atoms with Crippen LogP contribution in [0.2, 0.25) is 0 Å². The van der Waals surface area contributed by atoms with E-state index in [1.165, 1.54) is 13.0 Å². The normalized spacial score (nSPS) is 27.8. The number of benzene rings is 1. The number of aryl methyl sites for hydroxylation is 1. The van der Waals surface area contributed by atoms with E-state index in [1.807, 2.05) is 31.2 Å². The summed E-state index contributed by atoms with van der Waals surface area (Å²) in [4.78, 5) is 6.81. The van der Waals surface area contributed by atoms with Gasteiger partial charge in [-0.05, 0) is 38.4 Å². The van der Waals surface area contributed by atoms with Crippen molar-refractivity contribution in [3.63, 3.8) is 0 Å². The van der Waals surface area contributed by atoms with Crippen LogP contribution in [0.25, 0.3) is 11.5 Å². The lowest BCUT2D eigenvalue weighted by atomic mass is 9.94. The molecule has 2 bridgehead atoms. The first kappa shape index (κ1) is 12.8. The van der Waals surface area contributed by atoms with Crippen LogP contribution in [0.15, 0.2) is 28.8 Å². The van der Waals surface area contributed by atoms with Gasteiger partial charge in [-0.2, -0.15) is 4.98 Å². The Morgan fingerprint density at radius 3 is 3.00 bits per heavy atom. The Morgan fingerprint density at radius 2 is 2.14 bits per heavy atom. The van der Waals surface area contributed by atoms with Crippen molar-refractivity contribution in [1.29, 1.82) is 0 Å². The van der Waals surface area contributed by atoms with Crippen LogP contribution in [0.1, 0.15) is 25.1 Å². The lowest BCUT2D eigenvalue weighted by molar-refractivity contribution is 0.0457. The number of nitrogens with zero attached hydrogens (tertiary/aromatic N) is 3. The zero-order valence-electron chi connectivity index (χ0n) is 12.2. The third kappa shape index (κ3) is 2.31. The molecule has 2 aliphatic rings. The van der Waals surface area contributed by atoms with Gasteiger partial charge in [-0.3, -0.25) is 4.90 Å². The molecule has 0 radical (unpaired) electrons. The lowest BCUT2D eigenvalue weighted by Gasteiger charge is -2.34. The van der Waals surface area contributed by atoms with Crippen molar-refractivity contribution in [1.82, 2.24) is 15.0 Å². The number of hydrogen-bond donors (Lipinski definition) is 0. The van der Waals surface area contributed by atoms with E-state index >= 15 is 0 Å². The molecule has 2 saturated heterocycles. The predicted octanol–water partition coefficient (Wildman–Crippen LogP) is 2.66. The molecule has 5 nitrogen and oxygen atoms in total. The fourth-order valence-electron chi connectivity index (χ4n) is 3.45. The SMILES string of the molecule is Cc1noc(-c2ccccc2O[C@]23CCCN(CC2)C3)n1. The molecular weight excluding hydrogens is 266 g/mol. The average Bonchev–Trinajstić information content (AvgIpc) is 3.04. The maximum atomic E-state index is 6.46. The van der Waals surface area contributed by atoms with Crippen LogP contribution in [0.3, 0.4) is 0 Å². The minimum Gasteiger partial charge on any atom is -0.485 e. The standard InChI is InChI=1S/C16H19N3O2/c1-12-17-15(21-18-12)13-5-2-3-6-14(13)20-16-7-4-9-19(11-16)10-8-16/h2-3,5-6H,4,7-11H2,1H3/t16-/m1/s1. The van der Waals surface area contributed by atoms with Gasteiger partial charge in [0.05, 0.1) is 5.56 Å². The van der Waals surface area contributed by atoms with Gasteiger partial charge in [0.1, 0.15) is 11.4 Å². The summed E-state index contributed by atoms with van der Waals surface area (Å²) in [6.45, 7) is 5.20. The molecule has 21 heavy (non-hydrogen) atoms. The second-order valence-corrected chi connectivity index (χ2v) is 6.06. The molecule has 5 heteroatoms. The average molecular weight is 285 g/mol. The number of hydrogen-bond acceptors (Lipinski definition) is 5. The Morgan fingerprint density at radius 1 is 1.24 bits per heavy atom. The quantitative estimate of drug-likeness (QED) is 0.867. The number of ether oxygens (including phenoxy) is 1. The highest BCUT2D eigenvalue weighted by atomic mass is 16.5. The lowest BCUT2D eigenvalue weighted by Crippen LogP contribution is -2.43. The topological polar surface area (TPSA) is 51.4 Å². The molecule has 110 valence electrons. The second kappa shape index (κ2) is 4.84. The molecule has 1 aromatic heterocycles. The number of rotatable bonds is 3. The minimum atomic E-state index is -0.0383. The van der Waals surface area contributed by atoms with Gasteiger partial charge in [-0.15, -0.1) is 0 Å². The fraction of sp³-hybridized carbons (Fsp3) is 0.500. The van der Waals surface area contributed by atoms with Crippen molar-refractivity contribution in [2.75, 3.05) is 19.6 Å². The zero-order chi connectivity index (χ0) is 14.3. The summed E-state index contributed by atoms with van der Waals surface area (Å²) in [6.07, 6.45) is 3.44. The fourth-order valence-corrected chi connectivity index (χ4v) is 3.45. The van der Waals surface area contributed by atoms with Crippen LogP contribution in [-0.4, -0.2) is 40.3 Å². The van der Waals surface area contributed by atoms with E-state index in [1.54, 1.807) is 0 Å².